The van der Waals surface area contributed by atoms with Gasteiger partial charge in [-0.15, -0.1) is 0 Å². The topological polar surface area (TPSA) is 15.3 Å². The largest absolute Gasteiger partial charge is 0.371 e. The summed E-state index contributed by atoms with van der Waals surface area (Å²) in [6, 6.07) is 8.26. The van der Waals surface area contributed by atoms with Crippen molar-refractivity contribution in [2.45, 2.75) is 37.9 Å². The first kappa shape index (κ1) is 13.8. The molecule has 0 spiro atoms. The Hall–Kier alpha value is -0.190. The van der Waals surface area contributed by atoms with Gasteiger partial charge >= 0.3 is 0 Å². The third-order valence-corrected chi connectivity index (χ3v) is 5.94. The second-order valence-corrected chi connectivity index (χ2v) is 7.56. The van der Waals surface area contributed by atoms with E-state index in [-0.39, 0.29) is 0 Å². The predicted molar refractivity (Wildman–Crippen MR) is 88.1 cm³/mol. The quantitative estimate of drug-likeness (QED) is 0.880. The highest BCUT2D eigenvalue weighted by molar-refractivity contribution is 9.10. The lowest BCUT2D eigenvalue weighted by atomic mass is 10.1. The van der Waals surface area contributed by atoms with Crippen molar-refractivity contribution in [3.63, 3.8) is 0 Å². The van der Waals surface area contributed by atoms with Crippen LogP contribution in [0, 0.1) is 0 Å². The van der Waals surface area contributed by atoms with Gasteiger partial charge in [-0.1, -0.05) is 22.0 Å². The van der Waals surface area contributed by atoms with Gasteiger partial charge in [-0.3, -0.25) is 0 Å². The van der Waals surface area contributed by atoms with Crippen molar-refractivity contribution in [3.05, 3.63) is 28.2 Å². The number of halogens is 1. The van der Waals surface area contributed by atoms with Crippen molar-refractivity contribution < 1.29 is 0 Å². The molecule has 1 unspecified atom stereocenters. The summed E-state index contributed by atoms with van der Waals surface area (Å²) in [5, 5.41) is 3.57. The van der Waals surface area contributed by atoms with E-state index in [9.17, 15) is 0 Å². The molecule has 1 aliphatic carbocycles. The van der Waals surface area contributed by atoms with Gasteiger partial charge in [0, 0.05) is 41.6 Å². The maximum Gasteiger partial charge on any atom is 0.0385 e. The molecule has 1 aliphatic heterocycles. The van der Waals surface area contributed by atoms with E-state index in [0.717, 1.165) is 12.6 Å². The van der Waals surface area contributed by atoms with E-state index in [1.807, 2.05) is 0 Å². The number of rotatable bonds is 5. The molecular formula is C15H21BrN2S. The summed E-state index contributed by atoms with van der Waals surface area (Å²) >= 11 is 5.79. The molecule has 0 aromatic heterocycles. The number of hydrogen-bond donors (Lipinski definition) is 1. The molecule has 1 atom stereocenters. The van der Waals surface area contributed by atoms with Gasteiger partial charge in [0.2, 0.25) is 0 Å². The summed E-state index contributed by atoms with van der Waals surface area (Å²) in [5.74, 6) is 2.57. The number of nitrogens with zero attached hydrogens (tertiary/aromatic N) is 1. The van der Waals surface area contributed by atoms with E-state index in [1.165, 1.54) is 46.5 Å². The van der Waals surface area contributed by atoms with Gasteiger partial charge in [0.25, 0.3) is 0 Å². The van der Waals surface area contributed by atoms with Crippen LogP contribution >= 0.6 is 27.7 Å². The Morgan fingerprint density at radius 3 is 2.84 bits per heavy atom. The molecule has 1 heterocycles. The standard InChI is InChI=1S/C15H21BrN2S/c1-18(14-6-7-19-10-14)13-5-2-11(15(16)8-13)9-17-12-3-4-12/h2,5,8,12,14,17H,3-4,6-7,9-10H2,1H3. The number of nitrogens with one attached hydrogen (secondary N) is 1. The third kappa shape index (κ3) is 3.47. The molecule has 0 bridgehead atoms. The number of hydrogen-bond acceptors (Lipinski definition) is 3. The molecule has 2 nitrogen and oxygen atoms in total. The van der Waals surface area contributed by atoms with Crippen LogP contribution in [-0.4, -0.2) is 30.6 Å². The Morgan fingerprint density at radius 1 is 1.37 bits per heavy atom. The van der Waals surface area contributed by atoms with Gasteiger partial charge in [-0.25, -0.2) is 0 Å². The fraction of sp³-hybridized carbons (Fsp3) is 0.600. The monoisotopic (exact) mass is 340 g/mol. The van der Waals surface area contributed by atoms with Crippen molar-refractivity contribution in [1.82, 2.24) is 5.32 Å². The Labute approximate surface area is 128 Å². The van der Waals surface area contributed by atoms with Crippen LogP contribution in [0.15, 0.2) is 22.7 Å². The van der Waals surface area contributed by atoms with Crippen molar-refractivity contribution in [2.24, 2.45) is 0 Å². The highest BCUT2D eigenvalue weighted by Gasteiger charge is 2.22. The molecule has 1 N–H and O–H groups in total. The maximum atomic E-state index is 3.72. The molecular weight excluding hydrogens is 320 g/mol. The molecule has 1 saturated heterocycles. The second kappa shape index (κ2) is 6.06. The molecule has 1 saturated carbocycles. The van der Waals surface area contributed by atoms with Crippen LogP contribution in [0.5, 0.6) is 0 Å². The van der Waals surface area contributed by atoms with Gasteiger partial charge in [0.05, 0.1) is 0 Å². The second-order valence-electron chi connectivity index (χ2n) is 5.56. The zero-order valence-corrected chi connectivity index (χ0v) is 13.8. The summed E-state index contributed by atoms with van der Waals surface area (Å²) in [4.78, 5) is 2.43. The van der Waals surface area contributed by atoms with Gasteiger partial charge in [-0.05, 0) is 42.7 Å². The van der Waals surface area contributed by atoms with Gasteiger partial charge in [0.1, 0.15) is 0 Å². The highest BCUT2D eigenvalue weighted by Crippen LogP contribution is 2.29. The lowest BCUT2D eigenvalue weighted by Gasteiger charge is -2.26. The fourth-order valence-corrected chi connectivity index (χ4v) is 4.25. The minimum Gasteiger partial charge on any atom is -0.371 e. The van der Waals surface area contributed by atoms with Crippen molar-refractivity contribution >= 4 is 33.4 Å². The number of benzene rings is 1. The summed E-state index contributed by atoms with van der Waals surface area (Å²) in [7, 11) is 2.22. The molecule has 2 aliphatic rings. The molecule has 3 rings (SSSR count). The van der Waals surface area contributed by atoms with E-state index < -0.39 is 0 Å². The minimum absolute atomic E-state index is 0.701. The van der Waals surface area contributed by atoms with Crippen LogP contribution in [0.1, 0.15) is 24.8 Å². The third-order valence-electron chi connectivity index (χ3n) is 4.06. The van der Waals surface area contributed by atoms with Gasteiger partial charge < -0.3 is 10.2 Å². The lowest BCUT2D eigenvalue weighted by molar-refractivity contribution is 0.683. The summed E-state index contributed by atoms with van der Waals surface area (Å²) in [6.07, 6.45) is 4.00. The summed E-state index contributed by atoms with van der Waals surface area (Å²) in [6.45, 7) is 0.981. The van der Waals surface area contributed by atoms with Crippen LogP contribution in [0.4, 0.5) is 5.69 Å². The predicted octanol–water partition coefficient (Wildman–Crippen LogP) is 3.64. The Morgan fingerprint density at radius 2 is 2.21 bits per heavy atom. The molecule has 1 aromatic carbocycles. The Balaban J connectivity index is 1.66. The average Bonchev–Trinajstić information content (AvgIpc) is 3.08. The highest BCUT2D eigenvalue weighted by atomic mass is 79.9. The van der Waals surface area contributed by atoms with Crippen molar-refractivity contribution in [1.29, 1.82) is 0 Å². The van der Waals surface area contributed by atoms with Gasteiger partial charge in [-0.2, -0.15) is 11.8 Å². The molecule has 104 valence electrons. The summed E-state index contributed by atoms with van der Waals surface area (Å²) in [5.41, 5.74) is 2.69. The van der Waals surface area contributed by atoms with Crippen LogP contribution in [0.25, 0.3) is 0 Å². The Bertz CT molecular complexity index is 442. The molecule has 0 radical (unpaired) electrons. The molecule has 19 heavy (non-hydrogen) atoms. The minimum atomic E-state index is 0.701. The van der Waals surface area contributed by atoms with E-state index in [0.29, 0.717) is 6.04 Å². The average molecular weight is 341 g/mol. The lowest BCUT2D eigenvalue weighted by Crippen LogP contribution is -2.31. The van der Waals surface area contributed by atoms with Crippen LogP contribution in [-0.2, 0) is 6.54 Å². The zero-order chi connectivity index (χ0) is 13.2. The Kier molecular flexibility index (Phi) is 4.40. The zero-order valence-electron chi connectivity index (χ0n) is 11.4. The smallest absolute Gasteiger partial charge is 0.0385 e. The summed E-state index contributed by atoms with van der Waals surface area (Å²) < 4.78 is 1.23. The fourth-order valence-electron chi connectivity index (χ4n) is 2.48. The number of anilines is 1. The van der Waals surface area contributed by atoms with E-state index in [1.54, 1.807) is 0 Å². The first-order valence-electron chi connectivity index (χ1n) is 7.06. The molecule has 2 fully saturated rings. The van der Waals surface area contributed by atoms with E-state index in [2.05, 4.69) is 63.2 Å². The first-order valence-corrected chi connectivity index (χ1v) is 9.01. The van der Waals surface area contributed by atoms with Gasteiger partial charge in [0.15, 0.2) is 0 Å². The first-order chi connectivity index (χ1) is 9.24. The molecule has 0 amide bonds. The van der Waals surface area contributed by atoms with Crippen LogP contribution in [0.2, 0.25) is 0 Å². The van der Waals surface area contributed by atoms with E-state index >= 15 is 0 Å². The van der Waals surface area contributed by atoms with Crippen molar-refractivity contribution in [2.75, 3.05) is 23.5 Å². The maximum absolute atomic E-state index is 3.72. The molecule has 1 aromatic rings. The number of thioether (sulfide) groups is 1. The van der Waals surface area contributed by atoms with Crippen LogP contribution < -0.4 is 10.2 Å². The van der Waals surface area contributed by atoms with Crippen LogP contribution in [0.3, 0.4) is 0 Å². The van der Waals surface area contributed by atoms with E-state index in [4.69, 9.17) is 0 Å². The van der Waals surface area contributed by atoms with Crippen molar-refractivity contribution in [3.8, 4) is 0 Å². The normalized spacial score (nSPS) is 22.7. The molecule has 4 heteroatoms. The SMILES string of the molecule is CN(c1ccc(CNC2CC2)c(Br)c1)C1CCSC1.